The topological polar surface area (TPSA) is 70.1 Å². The third-order valence-electron chi connectivity index (χ3n) is 4.34. The fraction of sp³-hybridized carbons (Fsp3) is 0. The second kappa shape index (κ2) is 8.67. The molecule has 0 saturated carbocycles. The van der Waals surface area contributed by atoms with Gasteiger partial charge in [0.05, 0.1) is 11.9 Å². The van der Waals surface area contributed by atoms with Crippen LogP contribution < -0.4 is 5.43 Å². The van der Waals surface area contributed by atoms with Crippen molar-refractivity contribution in [2.75, 3.05) is 0 Å². The highest BCUT2D eigenvalue weighted by Crippen LogP contribution is 2.24. The van der Waals surface area contributed by atoms with Crippen molar-refractivity contribution in [1.29, 1.82) is 0 Å². The summed E-state index contributed by atoms with van der Waals surface area (Å²) in [6.07, 6.45) is 1.59. The molecule has 1 heterocycles. The normalized spacial score (nSPS) is 10.9. The molecule has 0 spiro atoms. The largest absolute Gasteiger partial charge is 0.289 e. The molecule has 0 saturated heterocycles. The number of H-pyrrole nitrogens is 1. The summed E-state index contributed by atoms with van der Waals surface area (Å²) in [5, 5.41) is 11.0. The monoisotopic (exact) mass is 444 g/mol. The van der Waals surface area contributed by atoms with Crippen molar-refractivity contribution >= 4 is 28.1 Å². The lowest BCUT2D eigenvalue weighted by atomic mass is 10.0. The molecular weight excluding hydrogens is 428 g/mol. The zero-order valence-corrected chi connectivity index (χ0v) is 16.9. The van der Waals surface area contributed by atoms with Gasteiger partial charge in [0.15, 0.2) is 0 Å². The van der Waals surface area contributed by atoms with Gasteiger partial charge in [0, 0.05) is 10.0 Å². The van der Waals surface area contributed by atoms with Gasteiger partial charge in [0.1, 0.15) is 5.69 Å². The Bertz CT molecular complexity index is 1150. The number of hydrogen-bond donors (Lipinski definition) is 2. The molecule has 0 bridgehead atoms. The molecule has 2 N–H and O–H groups in total. The van der Waals surface area contributed by atoms with Crippen LogP contribution >= 0.6 is 15.9 Å². The first-order chi connectivity index (χ1) is 14.2. The smallest absolute Gasteiger partial charge is 0.272 e. The highest BCUT2D eigenvalue weighted by molar-refractivity contribution is 9.10. The number of aromatic nitrogens is 2. The summed E-state index contributed by atoms with van der Waals surface area (Å²) >= 11 is 3.40. The van der Waals surface area contributed by atoms with E-state index in [2.05, 4.69) is 48.8 Å². The molecule has 1 amide bonds. The minimum atomic E-state index is -0.351. The summed E-state index contributed by atoms with van der Waals surface area (Å²) in [7, 11) is 0. The second-order valence-corrected chi connectivity index (χ2v) is 7.28. The third-order valence-corrected chi connectivity index (χ3v) is 4.83. The number of amides is 1. The lowest BCUT2D eigenvalue weighted by Gasteiger charge is -2.02. The van der Waals surface area contributed by atoms with Crippen molar-refractivity contribution in [2.45, 2.75) is 0 Å². The number of carbonyl (C=O) groups excluding carboxylic acids is 1. The SMILES string of the molecule is O=C(N/N=C\c1cccc(Br)c1)c1cc(-c2ccc(-c3ccccc3)cc2)n[nH]1. The van der Waals surface area contributed by atoms with Gasteiger partial charge in [-0.1, -0.05) is 82.7 Å². The van der Waals surface area contributed by atoms with E-state index in [1.54, 1.807) is 12.3 Å². The zero-order chi connectivity index (χ0) is 20.1. The first-order valence-electron chi connectivity index (χ1n) is 8.99. The van der Waals surface area contributed by atoms with E-state index < -0.39 is 0 Å². The summed E-state index contributed by atoms with van der Waals surface area (Å²) in [5.41, 5.74) is 7.64. The molecule has 4 rings (SSSR count). The van der Waals surface area contributed by atoms with Crippen LogP contribution in [-0.2, 0) is 0 Å². The summed E-state index contributed by atoms with van der Waals surface area (Å²) in [6, 6.07) is 27.6. The van der Waals surface area contributed by atoms with E-state index in [9.17, 15) is 4.79 Å². The van der Waals surface area contributed by atoms with E-state index in [0.29, 0.717) is 11.4 Å². The predicted molar refractivity (Wildman–Crippen MR) is 119 cm³/mol. The Balaban J connectivity index is 1.43. The Morgan fingerprint density at radius 1 is 0.897 bits per heavy atom. The number of hydrogen-bond acceptors (Lipinski definition) is 3. The molecule has 3 aromatic carbocycles. The van der Waals surface area contributed by atoms with Gasteiger partial charge in [-0.3, -0.25) is 9.89 Å². The number of nitrogens with zero attached hydrogens (tertiary/aromatic N) is 2. The van der Waals surface area contributed by atoms with E-state index in [1.165, 1.54) is 0 Å². The zero-order valence-electron chi connectivity index (χ0n) is 15.3. The van der Waals surface area contributed by atoms with E-state index >= 15 is 0 Å². The van der Waals surface area contributed by atoms with Crippen LogP contribution in [0.1, 0.15) is 16.1 Å². The maximum Gasteiger partial charge on any atom is 0.289 e. The van der Waals surface area contributed by atoms with E-state index in [1.807, 2.05) is 66.7 Å². The summed E-state index contributed by atoms with van der Waals surface area (Å²) < 4.78 is 0.948. The van der Waals surface area contributed by atoms with Crippen molar-refractivity contribution in [1.82, 2.24) is 15.6 Å². The number of aromatic amines is 1. The van der Waals surface area contributed by atoms with Crippen molar-refractivity contribution in [3.05, 3.63) is 101 Å². The Morgan fingerprint density at radius 2 is 1.62 bits per heavy atom. The molecule has 0 aliphatic rings. The molecule has 4 aromatic rings. The number of hydrazone groups is 1. The first kappa shape index (κ1) is 18.8. The molecule has 0 radical (unpaired) electrons. The predicted octanol–water partition coefficient (Wildman–Crippen LogP) is 5.27. The fourth-order valence-corrected chi connectivity index (χ4v) is 3.28. The van der Waals surface area contributed by atoms with Crippen molar-refractivity contribution in [3.63, 3.8) is 0 Å². The van der Waals surface area contributed by atoms with Gasteiger partial charge in [-0.2, -0.15) is 10.2 Å². The van der Waals surface area contributed by atoms with Crippen LogP contribution in [0.5, 0.6) is 0 Å². The van der Waals surface area contributed by atoms with Crippen LogP contribution in [0.3, 0.4) is 0 Å². The van der Waals surface area contributed by atoms with Crippen LogP contribution in [0, 0.1) is 0 Å². The van der Waals surface area contributed by atoms with Crippen LogP contribution in [0.4, 0.5) is 0 Å². The molecule has 1 aromatic heterocycles. The average Bonchev–Trinajstić information content (AvgIpc) is 3.25. The third kappa shape index (κ3) is 4.67. The molecule has 0 fully saturated rings. The average molecular weight is 445 g/mol. The van der Waals surface area contributed by atoms with E-state index in [-0.39, 0.29) is 5.91 Å². The van der Waals surface area contributed by atoms with Crippen LogP contribution in [0.15, 0.2) is 94.5 Å². The molecule has 6 heteroatoms. The highest BCUT2D eigenvalue weighted by Gasteiger charge is 2.10. The van der Waals surface area contributed by atoms with Gasteiger partial charge in [-0.05, 0) is 34.9 Å². The lowest BCUT2D eigenvalue weighted by Crippen LogP contribution is -2.17. The maximum absolute atomic E-state index is 12.3. The van der Waals surface area contributed by atoms with Crippen molar-refractivity contribution in [3.8, 4) is 22.4 Å². The van der Waals surface area contributed by atoms with Gasteiger partial charge in [0.2, 0.25) is 0 Å². The molecule has 29 heavy (non-hydrogen) atoms. The number of carbonyl (C=O) groups is 1. The van der Waals surface area contributed by atoms with Gasteiger partial charge >= 0.3 is 0 Å². The number of rotatable bonds is 5. The molecular formula is C23H17BrN4O. The summed E-state index contributed by atoms with van der Waals surface area (Å²) in [5.74, 6) is -0.351. The highest BCUT2D eigenvalue weighted by atomic mass is 79.9. The van der Waals surface area contributed by atoms with Gasteiger partial charge in [-0.15, -0.1) is 0 Å². The van der Waals surface area contributed by atoms with Crippen LogP contribution in [0.25, 0.3) is 22.4 Å². The quantitative estimate of drug-likeness (QED) is 0.325. The summed E-state index contributed by atoms with van der Waals surface area (Å²) in [6.45, 7) is 0. The van der Waals surface area contributed by atoms with Crippen LogP contribution in [0.2, 0.25) is 0 Å². The minimum Gasteiger partial charge on any atom is -0.272 e. The number of benzene rings is 3. The molecule has 0 atom stereocenters. The summed E-state index contributed by atoms with van der Waals surface area (Å²) in [4.78, 5) is 12.3. The minimum absolute atomic E-state index is 0.346. The lowest BCUT2D eigenvalue weighted by molar-refractivity contribution is 0.0950. The fourth-order valence-electron chi connectivity index (χ4n) is 2.86. The van der Waals surface area contributed by atoms with Gasteiger partial charge in [0.25, 0.3) is 5.91 Å². The number of halogens is 1. The Morgan fingerprint density at radius 3 is 2.38 bits per heavy atom. The molecule has 0 aliphatic carbocycles. The van der Waals surface area contributed by atoms with Gasteiger partial charge < -0.3 is 0 Å². The van der Waals surface area contributed by atoms with E-state index in [0.717, 1.165) is 26.7 Å². The van der Waals surface area contributed by atoms with Crippen molar-refractivity contribution < 1.29 is 4.79 Å². The Hall–Kier alpha value is -3.51. The first-order valence-corrected chi connectivity index (χ1v) is 9.78. The Kier molecular flexibility index (Phi) is 5.63. The second-order valence-electron chi connectivity index (χ2n) is 6.36. The van der Waals surface area contributed by atoms with Crippen molar-refractivity contribution in [2.24, 2.45) is 5.10 Å². The van der Waals surface area contributed by atoms with E-state index in [4.69, 9.17) is 0 Å². The number of nitrogens with one attached hydrogen (secondary N) is 2. The molecule has 5 nitrogen and oxygen atoms in total. The van der Waals surface area contributed by atoms with Crippen LogP contribution in [-0.4, -0.2) is 22.3 Å². The maximum atomic E-state index is 12.3. The van der Waals surface area contributed by atoms with Gasteiger partial charge in [-0.25, -0.2) is 5.43 Å². The molecule has 0 aliphatic heterocycles. The Labute approximate surface area is 176 Å². The standard InChI is InChI=1S/C23H17BrN4O/c24-20-8-4-5-16(13-20)15-25-28-23(29)22-14-21(26-27-22)19-11-9-18(10-12-19)17-6-2-1-3-7-17/h1-15H,(H,26,27)(H,28,29)/b25-15-. The molecule has 0 unspecified atom stereocenters. The molecule has 142 valence electrons.